The lowest BCUT2D eigenvalue weighted by Crippen LogP contribution is -2.24. The first-order valence-electron chi connectivity index (χ1n) is 6.13. The maximum atomic E-state index is 5.67. The van der Waals surface area contributed by atoms with E-state index in [1.807, 2.05) is 6.26 Å². The van der Waals surface area contributed by atoms with Crippen molar-refractivity contribution in [3.05, 3.63) is 41.4 Å². The van der Waals surface area contributed by atoms with E-state index in [-0.39, 0.29) is 0 Å². The summed E-state index contributed by atoms with van der Waals surface area (Å²) in [5, 5.41) is 0. The zero-order valence-corrected chi connectivity index (χ0v) is 10.0. The van der Waals surface area contributed by atoms with E-state index in [9.17, 15) is 0 Å². The van der Waals surface area contributed by atoms with E-state index in [1.54, 1.807) is 0 Å². The van der Waals surface area contributed by atoms with E-state index >= 15 is 0 Å². The van der Waals surface area contributed by atoms with E-state index in [4.69, 9.17) is 4.42 Å². The van der Waals surface area contributed by atoms with Gasteiger partial charge in [0, 0.05) is 12.0 Å². The number of allylic oxidation sites excluding steroid dienone is 3. The van der Waals surface area contributed by atoms with E-state index in [1.165, 1.54) is 34.5 Å². The van der Waals surface area contributed by atoms with Crippen LogP contribution in [0.5, 0.6) is 0 Å². The van der Waals surface area contributed by atoms with Gasteiger partial charge in [0.05, 0.1) is 6.26 Å². The third-order valence-corrected chi connectivity index (χ3v) is 4.07. The Morgan fingerprint density at radius 1 is 1.44 bits per heavy atom. The average molecular weight is 214 g/mol. The second-order valence-corrected chi connectivity index (χ2v) is 5.30. The van der Waals surface area contributed by atoms with Crippen molar-refractivity contribution >= 4 is 5.57 Å². The van der Waals surface area contributed by atoms with E-state index in [2.05, 4.69) is 26.5 Å². The molecule has 1 heterocycles. The van der Waals surface area contributed by atoms with Crippen LogP contribution >= 0.6 is 0 Å². The molecule has 0 spiro atoms. The van der Waals surface area contributed by atoms with Gasteiger partial charge >= 0.3 is 0 Å². The molecule has 0 saturated heterocycles. The van der Waals surface area contributed by atoms with Crippen molar-refractivity contribution in [1.82, 2.24) is 0 Å². The van der Waals surface area contributed by atoms with Crippen LogP contribution < -0.4 is 0 Å². The van der Waals surface area contributed by atoms with Crippen molar-refractivity contribution < 1.29 is 4.42 Å². The lowest BCUT2D eigenvalue weighted by atomic mass is 9.70. The van der Waals surface area contributed by atoms with Gasteiger partial charge in [-0.3, -0.25) is 0 Å². The SMILES string of the molecule is C=C1C=C2c3c(C)coc3CC(C)C2CC1. The summed E-state index contributed by atoms with van der Waals surface area (Å²) in [7, 11) is 0. The number of rotatable bonds is 0. The molecule has 0 fully saturated rings. The van der Waals surface area contributed by atoms with E-state index in [0.29, 0.717) is 11.8 Å². The lowest BCUT2D eigenvalue weighted by Gasteiger charge is -2.34. The second kappa shape index (κ2) is 3.38. The van der Waals surface area contributed by atoms with Crippen LogP contribution in [-0.2, 0) is 6.42 Å². The summed E-state index contributed by atoms with van der Waals surface area (Å²) in [6.07, 6.45) is 7.71. The highest BCUT2D eigenvalue weighted by molar-refractivity contribution is 5.76. The summed E-state index contributed by atoms with van der Waals surface area (Å²) in [6, 6.07) is 0. The van der Waals surface area contributed by atoms with Crippen molar-refractivity contribution in [2.45, 2.75) is 33.1 Å². The maximum Gasteiger partial charge on any atom is 0.111 e. The highest BCUT2D eigenvalue weighted by Crippen LogP contribution is 2.46. The van der Waals surface area contributed by atoms with Gasteiger partial charge in [-0.05, 0) is 42.7 Å². The third-order valence-electron chi connectivity index (χ3n) is 4.07. The lowest BCUT2D eigenvalue weighted by molar-refractivity contribution is 0.359. The highest BCUT2D eigenvalue weighted by atomic mass is 16.3. The van der Waals surface area contributed by atoms with Gasteiger partial charge in [-0.25, -0.2) is 0 Å². The molecule has 16 heavy (non-hydrogen) atoms. The van der Waals surface area contributed by atoms with Gasteiger partial charge in [0.1, 0.15) is 5.76 Å². The molecule has 0 aliphatic heterocycles. The average Bonchev–Trinajstić information content (AvgIpc) is 2.60. The molecule has 1 aromatic rings. The maximum absolute atomic E-state index is 5.67. The standard InChI is InChI=1S/C15H18O/c1-9-4-5-12-10(2)7-14-15(13(12)6-9)11(3)8-16-14/h6,8,10,12H,1,4-5,7H2,2-3H3. The van der Waals surface area contributed by atoms with Gasteiger partial charge < -0.3 is 4.42 Å². The first-order valence-corrected chi connectivity index (χ1v) is 6.13. The second-order valence-electron chi connectivity index (χ2n) is 5.30. The number of fused-ring (bicyclic) bond motifs is 3. The summed E-state index contributed by atoms with van der Waals surface area (Å²) >= 11 is 0. The first kappa shape index (κ1) is 9.95. The predicted octanol–water partition coefficient (Wildman–Crippen LogP) is 4.13. The molecular formula is C15H18O. The van der Waals surface area contributed by atoms with Crippen LogP contribution in [0.3, 0.4) is 0 Å². The first-order chi connectivity index (χ1) is 7.66. The molecule has 2 atom stereocenters. The summed E-state index contributed by atoms with van der Waals surface area (Å²) in [5.74, 6) is 2.61. The Labute approximate surface area is 96.8 Å². The summed E-state index contributed by atoms with van der Waals surface area (Å²) < 4.78 is 5.67. The third kappa shape index (κ3) is 1.31. The molecule has 1 heteroatoms. The van der Waals surface area contributed by atoms with E-state index in [0.717, 1.165) is 12.8 Å². The fraction of sp³-hybridized carbons (Fsp3) is 0.467. The van der Waals surface area contributed by atoms with Crippen molar-refractivity contribution in [2.75, 3.05) is 0 Å². The van der Waals surface area contributed by atoms with Crippen molar-refractivity contribution in [3.63, 3.8) is 0 Å². The molecule has 0 N–H and O–H groups in total. The monoisotopic (exact) mass is 214 g/mol. The molecule has 2 aliphatic carbocycles. The van der Waals surface area contributed by atoms with Gasteiger partial charge in [-0.1, -0.05) is 25.2 Å². The smallest absolute Gasteiger partial charge is 0.111 e. The minimum atomic E-state index is 0.706. The number of hydrogen-bond donors (Lipinski definition) is 0. The fourth-order valence-electron chi connectivity index (χ4n) is 3.21. The minimum Gasteiger partial charge on any atom is -0.468 e. The van der Waals surface area contributed by atoms with Gasteiger partial charge in [0.25, 0.3) is 0 Å². The molecule has 0 saturated carbocycles. The van der Waals surface area contributed by atoms with Crippen molar-refractivity contribution in [2.24, 2.45) is 11.8 Å². The molecule has 84 valence electrons. The van der Waals surface area contributed by atoms with Crippen molar-refractivity contribution in [1.29, 1.82) is 0 Å². The Balaban J connectivity index is 2.19. The molecule has 0 aromatic carbocycles. The number of aryl methyl sites for hydroxylation is 1. The van der Waals surface area contributed by atoms with Crippen LogP contribution in [0.1, 0.15) is 36.7 Å². The molecule has 3 rings (SSSR count). The quantitative estimate of drug-likeness (QED) is 0.633. The van der Waals surface area contributed by atoms with Gasteiger partial charge in [-0.2, -0.15) is 0 Å². The van der Waals surface area contributed by atoms with Crippen LogP contribution in [0.2, 0.25) is 0 Å². The molecule has 2 aliphatic rings. The molecular weight excluding hydrogens is 196 g/mol. The van der Waals surface area contributed by atoms with E-state index < -0.39 is 0 Å². The Hall–Kier alpha value is -1.24. The zero-order chi connectivity index (χ0) is 11.3. The van der Waals surface area contributed by atoms with Crippen LogP contribution in [0.15, 0.2) is 28.9 Å². The summed E-state index contributed by atoms with van der Waals surface area (Å²) in [6.45, 7) is 8.60. The predicted molar refractivity (Wildman–Crippen MR) is 66.2 cm³/mol. The molecule has 0 radical (unpaired) electrons. The zero-order valence-electron chi connectivity index (χ0n) is 10.0. The highest BCUT2D eigenvalue weighted by Gasteiger charge is 2.34. The Morgan fingerprint density at radius 3 is 3.06 bits per heavy atom. The fourth-order valence-corrected chi connectivity index (χ4v) is 3.21. The van der Waals surface area contributed by atoms with Crippen LogP contribution in [0.25, 0.3) is 5.57 Å². The van der Waals surface area contributed by atoms with Gasteiger partial charge in [0.2, 0.25) is 0 Å². The van der Waals surface area contributed by atoms with Gasteiger partial charge in [-0.15, -0.1) is 0 Å². The normalized spacial score (nSPS) is 28.4. The largest absolute Gasteiger partial charge is 0.468 e. The van der Waals surface area contributed by atoms with Crippen molar-refractivity contribution in [3.8, 4) is 0 Å². The summed E-state index contributed by atoms with van der Waals surface area (Å²) in [4.78, 5) is 0. The Kier molecular flexibility index (Phi) is 2.10. The summed E-state index contributed by atoms with van der Waals surface area (Å²) in [5.41, 5.74) is 5.42. The molecule has 0 amide bonds. The molecule has 2 unspecified atom stereocenters. The minimum absolute atomic E-state index is 0.706. The molecule has 1 nitrogen and oxygen atoms in total. The van der Waals surface area contributed by atoms with Crippen LogP contribution in [-0.4, -0.2) is 0 Å². The Morgan fingerprint density at radius 2 is 2.25 bits per heavy atom. The number of furan rings is 1. The van der Waals surface area contributed by atoms with Crippen LogP contribution in [0, 0.1) is 18.8 Å². The Bertz CT molecular complexity index is 476. The van der Waals surface area contributed by atoms with Gasteiger partial charge in [0.15, 0.2) is 0 Å². The van der Waals surface area contributed by atoms with Crippen LogP contribution in [0.4, 0.5) is 0 Å². The molecule has 0 bridgehead atoms. The molecule has 1 aromatic heterocycles. The topological polar surface area (TPSA) is 13.1 Å². The number of hydrogen-bond acceptors (Lipinski definition) is 1.